The maximum atomic E-state index is 10.9. The highest BCUT2D eigenvalue weighted by Crippen LogP contribution is 2.12. The first-order valence-corrected chi connectivity index (χ1v) is 6.46. The minimum atomic E-state index is -0.643. The van der Waals surface area contributed by atoms with E-state index in [9.17, 15) is 9.90 Å². The zero-order valence-electron chi connectivity index (χ0n) is 11.5. The normalized spacial score (nSPS) is 11.9. The molecule has 0 aliphatic heterocycles. The van der Waals surface area contributed by atoms with E-state index >= 15 is 0 Å². The highest BCUT2D eigenvalue weighted by molar-refractivity contribution is 5.77. The second-order valence-corrected chi connectivity index (χ2v) is 4.27. The van der Waals surface area contributed by atoms with E-state index in [0.29, 0.717) is 6.54 Å². The molecule has 1 rings (SSSR count). The number of hydrogen-bond acceptors (Lipinski definition) is 4. The van der Waals surface area contributed by atoms with Crippen LogP contribution in [-0.4, -0.2) is 43.9 Å². The Morgan fingerprint density at radius 2 is 2.05 bits per heavy atom. The van der Waals surface area contributed by atoms with Gasteiger partial charge in [-0.15, -0.1) is 0 Å². The van der Waals surface area contributed by atoms with E-state index in [1.54, 1.807) is 7.05 Å². The Kier molecular flexibility index (Phi) is 6.92. The summed E-state index contributed by atoms with van der Waals surface area (Å²) in [6.45, 7) is 2.81. The van der Waals surface area contributed by atoms with Gasteiger partial charge in [0, 0.05) is 13.6 Å². The van der Waals surface area contributed by atoms with Crippen molar-refractivity contribution < 1.29 is 14.6 Å². The maximum absolute atomic E-state index is 10.9. The van der Waals surface area contributed by atoms with Crippen LogP contribution >= 0.6 is 0 Å². The van der Waals surface area contributed by atoms with Gasteiger partial charge in [0.2, 0.25) is 5.91 Å². The number of hydrogen-bond donors (Lipinski definition) is 3. The van der Waals surface area contributed by atoms with Gasteiger partial charge in [-0.1, -0.05) is 19.1 Å². The van der Waals surface area contributed by atoms with Crippen molar-refractivity contribution in [2.24, 2.45) is 0 Å². The summed E-state index contributed by atoms with van der Waals surface area (Å²) in [7, 11) is 1.57. The van der Waals surface area contributed by atoms with Crippen LogP contribution in [0.4, 0.5) is 0 Å². The third-order valence-electron chi connectivity index (χ3n) is 2.72. The summed E-state index contributed by atoms with van der Waals surface area (Å²) in [6, 6.07) is 7.80. The molecule has 0 heterocycles. The Morgan fingerprint density at radius 3 is 2.63 bits per heavy atom. The number of aryl methyl sites for hydroxylation is 1. The van der Waals surface area contributed by atoms with Gasteiger partial charge in [0.05, 0.1) is 6.54 Å². The third kappa shape index (κ3) is 6.22. The Bertz CT molecular complexity index is 379. The maximum Gasteiger partial charge on any atom is 0.233 e. The second-order valence-electron chi connectivity index (χ2n) is 4.27. The van der Waals surface area contributed by atoms with Crippen molar-refractivity contribution in [2.75, 3.05) is 26.7 Å². The van der Waals surface area contributed by atoms with Crippen molar-refractivity contribution in [3.63, 3.8) is 0 Å². The number of carbonyl (C=O) groups excluding carboxylic acids is 1. The number of aliphatic hydroxyl groups excluding tert-OH is 1. The average molecular weight is 266 g/mol. The molecule has 0 aliphatic carbocycles. The van der Waals surface area contributed by atoms with Gasteiger partial charge in [0.15, 0.2) is 0 Å². The molecule has 0 aromatic heterocycles. The smallest absolute Gasteiger partial charge is 0.233 e. The Labute approximate surface area is 114 Å². The Hall–Kier alpha value is -1.59. The van der Waals surface area contributed by atoms with Gasteiger partial charge in [-0.3, -0.25) is 4.79 Å². The van der Waals surface area contributed by atoms with Crippen LogP contribution < -0.4 is 15.4 Å². The molecule has 0 aliphatic rings. The molecule has 5 heteroatoms. The van der Waals surface area contributed by atoms with Gasteiger partial charge < -0.3 is 20.5 Å². The minimum Gasteiger partial charge on any atom is -0.491 e. The largest absolute Gasteiger partial charge is 0.491 e. The number of ether oxygens (including phenoxy) is 1. The van der Waals surface area contributed by atoms with Crippen LogP contribution in [0.15, 0.2) is 24.3 Å². The highest BCUT2D eigenvalue weighted by atomic mass is 16.5. The molecule has 0 radical (unpaired) electrons. The topological polar surface area (TPSA) is 70.6 Å². The molecule has 0 saturated carbocycles. The molecule has 5 nitrogen and oxygen atoms in total. The van der Waals surface area contributed by atoms with E-state index < -0.39 is 6.10 Å². The lowest BCUT2D eigenvalue weighted by Crippen LogP contribution is -2.37. The summed E-state index contributed by atoms with van der Waals surface area (Å²) in [4.78, 5) is 10.9. The highest BCUT2D eigenvalue weighted by Gasteiger charge is 2.06. The average Bonchev–Trinajstić information content (AvgIpc) is 2.45. The SMILES string of the molecule is CCc1ccc(OCC(O)CNCC(=O)NC)cc1. The van der Waals surface area contributed by atoms with Crippen molar-refractivity contribution in [1.29, 1.82) is 0 Å². The lowest BCUT2D eigenvalue weighted by atomic mass is 10.2. The number of carbonyl (C=O) groups is 1. The van der Waals surface area contributed by atoms with Gasteiger partial charge in [0.1, 0.15) is 18.5 Å². The number of nitrogens with one attached hydrogen (secondary N) is 2. The fraction of sp³-hybridized carbons (Fsp3) is 0.500. The summed E-state index contributed by atoms with van der Waals surface area (Å²) in [5.74, 6) is 0.630. The molecule has 106 valence electrons. The van der Waals surface area contributed by atoms with Crippen LogP contribution in [0.25, 0.3) is 0 Å². The van der Waals surface area contributed by atoms with E-state index in [4.69, 9.17) is 4.74 Å². The molecular weight excluding hydrogens is 244 g/mol. The van der Waals surface area contributed by atoms with Gasteiger partial charge in [-0.25, -0.2) is 0 Å². The van der Waals surface area contributed by atoms with Crippen LogP contribution in [0.1, 0.15) is 12.5 Å². The van der Waals surface area contributed by atoms with Gasteiger partial charge >= 0.3 is 0 Å². The monoisotopic (exact) mass is 266 g/mol. The van der Waals surface area contributed by atoms with Crippen molar-refractivity contribution in [3.8, 4) is 5.75 Å². The van der Waals surface area contributed by atoms with E-state index in [0.717, 1.165) is 12.2 Å². The van der Waals surface area contributed by atoms with E-state index in [-0.39, 0.29) is 19.1 Å². The van der Waals surface area contributed by atoms with Crippen LogP contribution in [-0.2, 0) is 11.2 Å². The molecule has 19 heavy (non-hydrogen) atoms. The van der Waals surface area contributed by atoms with Crippen LogP contribution in [0.2, 0.25) is 0 Å². The number of likely N-dealkylation sites (N-methyl/N-ethyl adjacent to an activating group) is 1. The summed E-state index contributed by atoms with van der Waals surface area (Å²) >= 11 is 0. The fourth-order valence-corrected chi connectivity index (χ4v) is 1.51. The molecule has 1 amide bonds. The van der Waals surface area contributed by atoms with Crippen molar-refractivity contribution in [2.45, 2.75) is 19.4 Å². The van der Waals surface area contributed by atoms with Crippen LogP contribution in [0.3, 0.4) is 0 Å². The zero-order valence-corrected chi connectivity index (χ0v) is 11.5. The fourth-order valence-electron chi connectivity index (χ4n) is 1.51. The molecule has 1 aromatic rings. The van der Waals surface area contributed by atoms with Crippen LogP contribution in [0.5, 0.6) is 5.75 Å². The molecule has 0 fully saturated rings. The predicted octanol–water partition coefficient (Wildman–Crippen LogP) is 0.324. The first kappa shape index (κ1) is 15.5. The van der Waals surface area contributed by atoms with E-state index in [1.807, 2.05) is 24.3 Å². The number of aliphatic hydroxyl groups is 1. The van der Waals surface area contributed by atoms with Gasteiger partial charge in [-0.2, -0.15) is 0 Å². The molecule has 0 bridgehead atoms. The van der Waals surface area contributed by atoms with Crippen LogP contribution in [0, 0.1) is 0 Å². The summed E-state index contributed by atoms with van der Waals surface area (Å²) < 4.78 is 5.46. The third-order valence-corrected chi connectivity index (χ3v) is 2.72. The molecule has 1 aromatic carbocycles. The summed E-state index contributed by atoms with van der Waals surface area (Å²) in [6.07, 6.45) is 0.349. The minimum absolute atomic E-state index is 0.108. The molecule has 0 saturated heterocycles. The first-order chi connectivity index (χ1) is 9.15. The van der Waals surface area contributed by atoms with E-state index in [2.05, 4.69) is 17.6 Å². The second kappa shape index (κ2) is 8.50. The van der Waals surface area contributed by atoms with Gasteiger partial charge in [0.25, 0.3) is 0 Å². The molecule has 0 spiro atoms. The zero-order chi connectivity index (χ0) is 14.1. The number of rotatable bonds is 8. The lowest BCUT2D eigenvalue weighted by molar-refractivity contribution is -0.119. The molecule has 3 N–H and O–H groups in total. The molecular formula is C14H22N2O3. The summed E-state index contributed by atoms with van der Waals surface area (Å²) in [5, 5.41) is 15.0. The summed E-state index contributed by atoms with van der Waals surface area (Å²) in [5.41, 5.74) is 1.25. The Morgan fingerprint density at radius 1 is 1.37 bits per heavy atom. The first-order valence-electron chi connectivity index (χ1n) is 6.46. The Balaban J connectivity index is 2.21. The van der Waals surface area contributed by atoms with Gasteiger partial charge in [-0.05, 0) is 24.1 Å². The quantitative estimate of drug-likeness (QED) is 0.634. The van der Waals surface area contributed by atoms with Crippen molar-refractivity contribution in [3.05, 3.63) is 29.8 Å². The lowest BCUT2D eigenvalue weighted by Gasteiger charge is -2.13. The standard InChI is InChI=1S/C14H22N2O3/c1-3-11-4-6-13(7-5-11)19-10-12(17)8-16-9-14(18)15-2/h4-7,12,16-17H,3,8-10H2,1-2H3,(H,15,18). The molecule has 1 atom stereocenters. The number of benzene rings is 1. The van der Waals surface area contributed by atoms with Crippen molar-refractivity contribution in [1.82, 2.24) is 10.6 Å². The number of amides is 1. The predicted molar refractivity (Wildman–Crippen MR) is 74.3 cm³/mol. The van der Waals surface area contributed by atoms with Crippen molar-refractivity contribution >= 4 is 5.91 Å². The molecule has 1 unspecified atom stereocenters. The van der Waals surface area contributed by atoms with E-state index in [1.165, 1.54) is 5.56 Å².